The molecule has 0 aromatic heterocycles. The highest BCUT2D eigenvalue weighted by Crippen LogP contribution is 2.28. The van der Waals surface area contributed by atoms with Crippen LogP contribution >= 0.6 is 0 Å². The maximum Gasteiger partial charge on any atom is 0.261 e. The van der Waals surface area contributed by atoms with Crippen molar-refractivity contribution in [2.45, 2.75) is 45.3 Å². The lowest BCUT2D eigenvalue weighted by Gasteiger charge is -2.29. The Bertz CT molecular complexity index is 838. The summed E-state index contributed by atoms with van der Waals surface area (Å²) in [6, 6.07) is 15.7. The predicted molar refractivity (Wildman–Crippen MR) is 117 cm³/mol. The molecule has 30 heavy (non-hydrogen) atoms. The molecule has 0 aliphatic heterocycles. The smallest absolute Gasteiger partial charge is 0.261 e. The molecule has 1 aliphatic carbocycles. The fourth-order valence-corrected chi connectivity index (χ4v) is 3.59. The molecule has 0 unspecified atom stereocenters. The van der Waals surface area contributed by atoms with Gasteiger partial charge in [-0.2, -0.15) is 0 Å². The van der Waals surface area contributed by atoms with Gasteiger partial charge in [0.25, 0.3) is 5.91 Å². The zero-order valence-electron chi connectivity index (χ0n) is 17.7. The first kappa shape index (κ1) is 21.7. The highest BCUT2D eigenvalue weighted by Gasteiger charge is 2.22. The van der Waals surface area contributed by atoms with E-state index in [1.807, 2.05) is 48.5 Å². The Labute approximate surface area is 178 Å². The second kappa shape index (κ2) is 11.2. The number of methoxy groups -OCH3 is 1. The molecule has 1 N–H and O–H groups in total. The number of rotatable bonds is 9. The van der Waals surface area contributed by atoms with Crippen molar-refractivity contribution in [3.63, 3.8) is 0 Å². The van der Waals surface area contributed by atoms with Crippen molar-refractivity contribution < 1.29 is 19.1 Å². The van der Waals surface area contributed by atoms with Crippen LogP contribution in [0, 0.1) is 5.92 Å². The summed E-state index contributed by atoms with van der Waals surface area (Å²) in [4.78, 5) is 17.2. The van der Waals surface area contributed by atoms with Crippen LogP contribution in [-0.4, -0.2) is 31.9 Å². The SMILES string of the molecule is COc1cc(/C=N\OCC(=O)N[C@@H]2CCCC[C@H]2C)ccc1OCc1ccccc1. The lowest BCUT2D eigenvalue weighted by Crippen LogP contribution is -2.42. The van der Waals surface area contributed by atoms with Crippen LogP contribution in [0.4, 0.5) is 0 Å². The monoisotopic (exact) mass is 410 g/mol. The first-order valence-electron chi connectivity index (χ1n) is 10.4. The number of hydrogen-bond donors (Lipinski definition) is 1. The van der Waals surface area contributed by atoms with Gasteiger partial charge >= 0.3 is 0 Å². The molecule has 6 nitrogen and oxygen atoms in total. The third kappa shape index (κ3) is 6.51. The summed E-state index contributed by atoms with van der Waals surface area (Å²) in [5, 5.41) is 6.96. The highest BCUT2D eigenvalue weighted by atomic mass is 16.6. The van der Waals surface area contributed by atoms with Crippen LogP contribution in [0.2, 0.25) is 0 Å². The molecule has 0 heterocycles. The molecule has 0 spiro atoms. The Morgan fingerprint density at radius 1 is 1.13 bits per heavy atom. The van der Waals surface area contributed by atoms with E-state index in [4.69, 9.17) is 14.3 Å². The molecular formula is C24H30N2O4. The Kier molecular flexibility index (Phi) is 8.12. The van der Waals surface area contributed by atoms with Gasteiger partial charge in [-0.1, -0.05) is 55.3 Å². The molecule has 1 amide bonds. The van der Waals surface area contributed by atoms with E-state index in [0.717, 1.165) is 24.0 Å². The van der Waals surface area contributed by atoms with Crippen molar-refractivity contribution in [1.29, 1.82) is 0 Å². The van der Waals surface area contributed by atoms with Crippen molar-refractivity contribution in [3.8, 4) is 11.5 Å². The second-order valence-electron chi connectivity index (χ2n) is 7.63. The van der Waals surface area contributed by atoms with Gasteiger partial charge < -0.3 is 19.6 Å². The number of carbonyl (C=O) groups excluding carboxylic acids is 1. The van der Waals surface area contributed by atoms with Crippen LogP contribution < -0.4 is 14.8 Å². The van der Waals surface area contributed by atoms with Crippen LogP contribution in [0.15, 0.2) is 53.7 Å². The predicted octanol–water partition coefficient (Wildman–Crippen LogP) is 4.32. The van der Waals surface area contributed by atoms with E-state index < -0.39 is 0 Å². The maximum absolute atomic E-state index is 12.1. The summed E-state index contributed by atoms with van der Waals surface area (Å²) >= 11 is 0. The first-order valence-corrected chi connectivity index (χ1v) is 10.4. The normalized spacial score (nSPS) is 18.7. The molecule has 0 bridgehead atoms. The number of ether oxygens (including phenoxy) is 2. The molecule has 1 saturated carbocycles. The largest absolute Gasteiger partial charge is 0.493 e. The van der Waals surface area contributed by atoms with E-state index in [9.17, 15) is 4.79 Å². The van der Waals surface area contributed by atoms with Gasteiger partial charge in [-0.25, -0.2) is 0 Å². The van der Waals surface area contributed by atoms with Gasteiger partial charge in [-0.05, 0) is 42.5 Å². The molecule has 0 saturated heterocycles. The molecule has 1 fully saturated rings. The average Bonchev–Trinajstić information content (AvgIpc) is 2.78. The molecular weight excluding hydrogens is 380 g/mol. The van der Waals surface area contributed by atoms with E-state index in [1.165, 1.54) is 12.8 Å². The number of amides is 1. The number of hydrogen-bond acceptors (Lipinski definition) is 5. The minimum absolute atomic E-state index is 0.0882. The summed E-state index contributed by atoms with van der Waals surface area (Å²) in [6.07, 6.45) is 6.17. The van der Waals surface area contributed by atoms with Gasteiger partial charge in [-0.15, -0.1) is 0 Å². The Morgan fingerprint density at radius 2 is 1.93 bits per heavy atom. The standard InChI is InChI=1S/C24H30N2O4/c1-18-8-6-7-11-21(18)26-24(27)17-30-25-15-20-12-13-22(23(14-20)28-2)29-16-19-9-4-3-5-10-19/h3-5,9-10,12-15,18,21H,6-8,11,16-17H2,1-2H3,(H,26,27)/b25-15-/t18-,21-/m1/s1. The fraction of sp³-hybridized carbons (Fsp3) is 0.417. The molecule has 2 atom stereocenters. The summed E-state index contributed by atoms with van der Waals surface area (Å²) < 4.78 is 11.3. The topological polar surface area (TPSA) is 69.2 Å². The quantitative estimate of drug-likeness (QED) is 0.494. The maximum atomic E-state index is 12.1. The van der Waals surface area contributed by atoms with E-state index >= 15 is 0 Å². The van der Waals surface area contributed by atoms with Crippen molar-refractivity contribution in [2.24, 2.45) is 11.1 Å². The summed E-state index contributed by atoms with van der Waals surface area (Å²) in [5.74, 6) is 1.65. The van der Waals surface area contributed by atoms with E-state index in [1.54, 1.807) is 13.3 Å². The Morgan fingerprint density at radius 3 is 2.70 bits per heavy atom. The highest BCUT2D eigenvalue weighted by molar-refractivity contribution is 5.81. The molecule has 160 valence electrons. The summed E-state index contributed by atoms with van der Waals surface area (Å²) in [7, 11) is 1.60. The molecule has 0 radical (unpaired) electrons. The zero-order valence-corrected chi connectivity index (χ0v) is 17.7. The fourth-order valence-electron chi connectivity index (χ4n) is 3.59. The molecule has 3 rings (SSSR count). The van der Waals surface area contributed by atoms with Crippen molar-refractivity contribution in [2.75, 3.05) is 13.7 Å². The molecule has 2 aromatic rings. The Hall–Kier alpha value is -3.02. The minimum atomic E-state index is -0.131. The number of oxime groups is 1. The third-order valence-electron chi connectivity index (χ3n) is 5.35. The minimum Gasteiger partial charge on any atom is -0.493 e. The number of benzene rings is 2. The van der Waals surface area contributed by atoms with Crippen LogP contribution in [0.25, 0.3) is 0 Å². The summed E-state index contributed by atoms with van der Waals surface area (Å²) in [5.41, 5.74) is 1.87. The molecule has 6 heteroatoms. The van der Waals surface area contributed by atoms with E-state index in [2.05, 4.69) is 17.4 Å². The van der Waals surface area contributed by atoms with Crippen LogP contribution in [0.5, 0.6) is 11.5 Å². The second-order valence-corrected chi connectivity index (χ2v) is 7.63. The number of nitrogens with one attached hydrogen (secondary N) is 1. The van der Waals surface area contributed by atoms with Gasteiger partial charge in [0.15, 0.2) is 18.1 Å². The van der Waals surface area contributed by atoms with Crippen LogP contribution in [-0.2, 0) is 16.2 Å². The average molecular weight is 411 g/mol. The van der Waals surface area contributed by atoms with Gasteiger partial charge in [-0.3, -0.25) is 4.79 Å². The lowest BCUT2D eigenvalue weighted by atomic mass is 9.86. The van der Waals surface area contributed by atoms with Gasteiger partial charge in [0.1, 0.15) is 6.61 Å². The van der Waals surface area contributed by atoms with Crippen molar-refractivity contribution >= 4 is 12.1 Å². The number of carbonyl (C=O) groups is 1. The van der Waals surface area contributed by atoms with E-state index in [-0.39, 0.29) is 18.6 Å². The first-order chi connectivity index (χ1) is 14.7. The van der Waals surface area contributed by atoms with Gasteiger partial charge in [0, 0.05) is 11.6 Å². The Balaban J connectivity index is 1.47. The molecule has 2 aromatic carbocycles. The zero-order chi connectivity index (χ0) is 21.2. The lowest BCUT2D eigenvalue weighted by molar-refractivity contribution is -0.126. The van der Waals surface area contributed by atoms with Crippen LogP contribution in [0.3, 0.4) is 0 Å². The van der Waals surface area contributed by atoms with Gasteiger partial charge in [0.2, 0.25) is 0 Å². The summed E-state index contributed by atoms with van der Waals surface area (Å²) in [6.45, 7) is 2.56. The van der Waals surface area contributed by atoms with Crippen LogP contribution in [0.1, 0.15) is 43.7 Å². The van der Waals surface area contributed by atoms with Crippen molar-refractivity contribution in [3.05, 3.63) is 59.7 Å². The third-order valence-corrected chi connectivity index (χ3v) is 5.35. The molecule has 1 aliphatic rings. The number of nitrogens with zero attached hydrogens (tertiary/aromatic N) is 1. The van der Waals surface area contributed by atoms with Crippen molar-refractivity contribution in [1.82, 2.24) is 5.32 Å². The van der Waals surface area contributed by atoms with E-state index in [0.29, 0.717) is 24.0 Å². The van der Waals surface area contributed by atoms with Gasteiger partial charge in [0.05, 0.1) is 13.3 Å².